The van der Waals surface area contributed by atoms with Crippen LogP contribution in [0.4, 0.5) is 0 Å². The number of primary amides is 1. The van der Waals surface area contributed by atoms with Gasteiger partial charge < -0.3 is 10.3 Å². The minimum atomic E-state index is -4.06. The van der Waals surface area contributed by atoms with Crippen LogP contribution in [0.2, 0.25) is 0 Å². The molecule has 1 amide bonds. The van der Waals surface area contributed by atoms with E-state index in [9.17, 15) is 13.2 Å². The molecule has 0 aliphatic carbocycles. The number of aromatic nitrogens is 2. The second-order valence-electron chi connectivity index (χ2n) is 10.3. The van der Waals surface area contributed by atoms with Gasteiger partial charge in [0, 0.05) is 13.0 Å². The highest BCUT2D eigenvalue weighted by molar-refractivity contribution is 7.91. The number of unbranched alkanes of at least 4 members (excludes halogenated alkanes) is 4. The predicted molar refractivity (Wildman–Crippen MR) is 164 cm³/mol. The minimum Gasteiger partial charge on any atom is -0.366 e. The second-order valence-corrected chi connectivity index (χ2v) is 12.2. The van der Waals surface area contributed by atoms with Gasteiger partial charge >= 0.3 is 0 Å². The molecule has 41 heavy (non-hydrogen) atoms. The molecule has 1 aromatic heterocycles. The van der Waals surface area contributed by atoms with Crippen LogP contribution in [0.3, 0.4) is 0 Å². The summed E-state index contributed by atoms with van der Waals surface area (Å²) in [6, 6.07) is 30.0. The van der Waals surface area contributed by atoms with E-state index in [0.29, 0.717) is 12.1 Å². The van der Waals surface area contributed by atoms with Crippen LogP contribution in [0.15, 0.2) is 107 Å². The van der Waals surface area contributed by atoms with Gasteiger partial charge in [0.2, 0.25) is 15.7 Å². The van der Waals surface area contributed by atoms with Crippen molar-refractivity contribution in [3.05, 3.63) is 114 Å². The molecule has 0 bridgehead atoms. The Morgan fingerprint density at radius 3 is 2.15 bits per heavy atom. The van der Waals surface area contributed by atoms with Crippen molar-refractivity contribution in [3.8, 4) is 11.1 Å². The van der Waals surface area contributed by atoms with Crippen molar-refractivity contribution in [2.75, 3.05) is 0 Å². The molecule has 7 heteroatoms. The molecule has 0 radical (unpaired) electrons. The van der Waals surface area contributed by atoms with Crippen LogP contribution in [0.5, 0.6) is 0 Å². The third kappa shape index (κ3) is 6.10. The number of nitrogens with two attached hydrogens (primary N) is 1. The number of imidazole rings is 1. The van der Waals surface area contributed by atoms with Crippen molar-refractivity contribution in [2.24, 2.45) is 5.73 Å². The molecule has 0 saturated carbocycles. The maximum Gasteiger partial charge on any atom is 0.250 e. The third-order valence-electron chi connectivity index (χ3n) is 7.46. The molecule has 1 heterocycles. The first-order valence-corrected chi connectivity index (χ1v) is 15.6. The average molecular weight is 566 g/mol. The highest BCUT2D eigenvalue weighted by Gasteiger charge is 2.27. The van der Waals surface area contributed by atoms with Gasteiger partial charge in [0.15, 0.2) is 0 Å². The summed E-state index contributed by atoms with van der Waals surface area (Å²) in [6.07, 6.45) is 6.36. The number of rotatable bonds is 12. The molecule has 0 saturated heterocycles. The molecule has 0 aliphatic rings. The van der Waals surface area contributed by atoms with Gasteiger partial charge in [0.1, 0.15) is 11.3 Å². The van der Waals surface area contributed by atoms with Crippen LogP contribution in [0.25, 0.3) is 22.2 Å². The number of carbonyl (C=O) groups excluding carboxylic acids is 1. The van der Waals surface area contributed by atoms with Crippen LogP contribution in [-0.4, -0.2) is 23.9 Å². The van der Waals surface area contributed by atoms with E-state index in [1.807, 2.05) is 24.3 Å². The molecule has 5 rings (SSSR count). The third-order valence-corrected chi connectivity index (χ3v) is 9.30. The Morgan fingerprint density at radius 2 is 1.41 bits per heavy atom. The lowest BCUT2D eigenvalue weighted by atomic mass is 10.0. The predicted octanol–water partition coefficient (Wildman–Crippen LogP) is 7.20. The summed E-state index contributed by atoms with van der Waals surface area (Å²) in [6.45, 7) is 2.76. The van der Waals surface area contributed by atoms with Gasteiger partial charge in [-0.2, -0.15) is 0 Å². The SMILES string of the molecule is CCCCCCCc1nc2c(S(=O)(=O)c3ccccc3C(N)=O)cccc2n1Cc1ccc(-c2ccccc2)cc1. The van der Waals surface area contributed by atoms with Crippen molar-refractivity contribution < 1.29 is 13.2 Å². The fraction of sp³-hybridized carbons (Fsp3) is 0.235. The van der Waals surface area contributed by atoms with Crippen LogP contribution < -0.4 is 5.73 Å². The summed E-state index contributed by atoms with van der Waals surface area (Å²) in [7, 11) is -4.06. The summed E-state index contributed by atoms with van der Waals surface area (Å²) < 4.78 is 29.9. The Morgan fingerprint density at radius 1 is 0.756 bits per heavy atom. The van der Waals surface area contributed by atoms with Gasteiger partial charge in [0.25, 0.3) is 0 Å². The number of para-hydroxylation sites is 1. The molecule has 4 aromatic carbocycles. The van der Waals surface area contributed by atoms with Gasteiger partial charge in [0.05, 0.1) is 20.9 Å². The molecule has 0 spiro atoms. The van der Waals surface area contributed by atoms with E-state index >= 15 is 0 Å². The van der Waals surface area contributed by atoms with Crippen molar-refractivity contribution in [2.45, 2.75) is 61.8 Å². The lowest BCUT2D eigenvalue weighted by molar-refractivity contribution is 0.0997. The topological polar surface area (TPSA) is 95.1 Å². The number of hydrogen-bond acceptors (Lipinski definition) is 4. The summed E-state index contributed by atoms with van der Waals surface area (Å²) in [5.41, 5.74) is 10.1. The maximum absolute atomic E-state index is 13.9. The molecular formula is C34H35N3O3S. The first-order valence-electron chi connectivity index (χ1n) is 14.2. The van der Waals surface area contributed by atoms with Gasteiger partial charge in [-0.25, -0.2) is 13.4 Å². The quantitative estimate of drug-likeness (QED) is 0.162. The van der Waals surface area contributed by atoms with Crippen LogP contribution >= 0.6 is 0 Å². The standard InChI is InChI=1S/C34H35N3O3S/c1-2-3-4-5-9-19-32-36-33-29(37(32)24-25-20-22-27(23-21-25)26-13-7-6-8-14-26)16-12-18-31(33)41(39,40)30-17-11-10-15-28(30)34(35)38/h6-8,10-18,20-23H,2-5,9,19,24H2,1H3,(H2,35,38). The molecular weight excluding hydrogens is 530 g/mol. The Hall–Kier alpha value is -4.23. The Kier molecular flexibility index (Phi) is 8.64. The lowest BCUT2D eigenvalue weighted by Crippen LogP contribution is -2.16. The van der Waals surface area contributed by atoms with Crippen LogP contribution in [0, 0.1) is 0 Å². The molecule has 2 N–H and O–H groups in total. The maximum atomic E-state index is 13.9. The van der Waals surface area contributed by atoms with E-state index in [-0.39, 0.29) is 15.4 Å². The number of aryl methyl sites for hydroxylation is 1. The highest BCUT2D eigenvalue weighted by Crippen LogP contribution is 2.31. The molecule has 5 aromatic rings. The molecule has 0 fully saturated rings. The lowest BCUT2D eigenvalue weighted by Gasteiger charge is -2.11. The zero-order valence-electron chi connectivity index (χ0n) is 23.3. The first-order chi connectivity index (χ1) is 19.9. The van der Waals surface area contributed by atoms with Gasteiger partial charge in [-0.3, -0.25) is 4.79 Å². The van der Waals surface area contributed by atoms with Crippen molar-refractivity contribution in [3.63, 3.8) is 0 Å². The number of benzene rings is 4. The molecule has 0 unspecified atom stereocenters. The van der Waals surface area contributed by atoms with Gasteiger partial charge in [-0.15, -0.1) is 0 Å². The molecule has 210 valence electrons. The number of sulfone groups is 1. The fourth-order valence-electron chi connectivity index (χ4n) is 5.28. The largest absolute Gasteiger partial charge is 0.366 e. The Labute approximate surface area is 241 Å². The van der Waals surface area contributed by atoms with Gasteiger partial charge in [-0.1, -0.05) is 105 Å². The van der Waals surface area contributed by atoms with E-state index < -0.39 is 15.7 Å². The monoisotopic (exact) mass is 565 g/mol. The molecule has 0 atom stereocenters. The smallest absolute Gasteiger partial charge is 0.250 e. The second kappa shape index (κ2) is 12.5. The van der Waals surface area contributed by atoms with E-state index in [1.165, 1.54) is 31.4 Å². The van der Waals surface area contributed by atoms with Crippen molar-refractivity contribution >= 4 is 26.8 Å². The normalized spacial score (nSPS) is 11.6. The Balaban J connectivity index is 1.56. The number of hydrogen-bond donors (Lipinski definition) is 1. The van der Waals surface area contributed by atoms with E-state index in [1.54, 1.807) is 24.3 Å². The number of fused-ring (bicyclic) bond motifs is 1. The fourth-order valence-corrected chi connectivity index (χ4v) is 6.89. The summed E-state index contributed by atoms with van der Waals surface area (Å²) >= 11 is 0. The zero-order chi connectivity index (χ0) is 28.8. The molecule has 6 nitrogen and oxygen atoms in total. The summed E-state index contributed by atoms with van der Waals surface area (Å²) in [5, 5.41) is 0. The Bertz CT molecular complexity index is 1760. The number of nitrogens with zero attached hydrogens (tertiary/aromatic N) is 2. The van der Waals surface area contributed by atoms with Crippen LogP contribution in [0.1, 0.15) is 60.8 Å². The molecule has 0 aliphatic heterocycles. The summed E-state index contributed by atoms with van der Waals surface area (Å²) in [4.78, 5) is 17.0. The number of carbonyl (C=O) groups is 1. The van der Waals surface area contributed by atoms with Gasteiger partial charge in [-0.05, 0) is 47.4 Å². The van der Waals surface area contributed by atoms with Crippen LogP contribution in [-0.2, 0) is 22.8 Å². The van der Waals surface area contributed by atoms with E-state index in [2.05, 4.69) is 47.9 Å². The first kappa shape index (κ1) is 28.3. The average Bonchev–Trinajstić information content (AvgIpc) is 3.34. The van der Waals surface area contributed by atoms with E-state index in [4.69, 9.17) is 10.7 Å². The van der Waals surface area contributed by atoms with Crippen molar-refractivity contribution in [1.29, 1.82) is 0 Å². The number of amides is 1. The highest BCUT2D eigenvalue weighted by atomic mass is 32.2. The van der Waals surface area contributed by atoms with E-state index in [0.717, 1.165) is 47.3 Å². The summed E-state index contributed by atoms with van der Waals surface area (Å²) in [5.74, 6) is 0.0723. The zero-order valence-corrected chi connectivity index (χ0v) is 24.1. The van der Waals surface area contributed by atoms with Crippen molar-refractivity contribution in [1.82, 2.24) is 9.55 Å². The minimum absolute atomic E-state index is 0.0291.